The van der Waals surface area contributed by atoms with Crippen molar-refractivity contribution in [2.75, 3.05) is 25.4 Å². The first-order valence-corrected chi connectivity index (χ1v) is 17.2. The first-order chi connectivity index (χ1) is 19.7. The summed E-state index contributed by atoms with van der Waals surface area (Å²) in [5.74, 6) is -0.419. The van der Waals surface area contributed by atoms with Crippen LogP contribution in [0.25, 0.3) is 11.0 Å². The topological polar surface area (TPSA) is 152 Å². The zero-order chi connectivity index (χ0) is 31.1. The van der Waals surface area contributed by atoms with E-state index in [2.05, 4.69) is 9.71 Å². The number of nitrogens with one attached hydrogen (secondary N) is 1. The SMILES string of the molecule is Cc1ccc(S(=O)(=O)CC(N)=NCCC[C@H](NS(=O)(=O)c2ccc3occc3c2)C(=O)N(CC(C)C)CC(C)C)cc1. The van der Waals surface area contributed by atoms with Gasteiger partial charge in [0.05, 0.1) is 16.1 Å². The van der Waals surface area contributed by atoms with Crippen LogP contribution in [-0.2, 0) is 24.7 Å². The Hall–Kier alpha value is -3.22. The molecule has 3 N–H and O–H groups in total. The first-order valence-electron chi connectivity index (χ1n) is 14.0. The lowest BCUT2D eigenvalue weighted by atomic mass is 10.1. The summed E-state index contributed by atoms with van der Waals surface area (Å²) >= 11 is 0. The Kier molecular flexibility index (Phi) is 11.3. The molecule has 0 saturated heterocycles. The zero-order valence-corrected chi connectivity index (χ0v) is 26.5. The van der Waals surface area contributed by atoms with E-state index in [-0.39, 0.29) is 46.3 Å². The second-order valence-electron chi connectivity index (χ2n) is 11.4. The van der Waals surface area contributed by atoms with Crippen molar-refractivity contribution in [2.45, 2.75) is 63.3 Å². The number of hydrogen-bond donors (Lipinski definition) is 2. The van der Waals surface area contributed by atoms with E-state index in [4.69, 9.17) is 10.2 Å². The van der Waals surface area contributed by atoms with Crippen LogP contribution in [0.2, 0.25) is 0 Å². The summed E-state index contributed by atoms with van der Waals surface area (Å²) in [6.45, 7) is 11.0. The molecule has 10 nitrogen and oxygen atoms in total. The normalized spacial score (nSPS) is 13.6. The van der Waals surface area contributed by atoms with Crippen molar-refractivity contribution in [1.82, 2.24) is 9.62 Å². The zero-order valence-electron chi connectivity index (χ0n) is 24.9. The number of aliphatic imine (C=N–C) groups is 1. The van der Waals surface area contributed by atoms with Crippen LogP contribution in [0, 0.1) is 18.8 Å². The van der Waals surface area contributed by atoms with Crippen LogP contribution >= 0.6 is 0 Å². The minimum absolute atomic E-state index is 0.0250. The largest absolute Gasteiger partial charge is 0.464 e. The lowest BCUT2D eigenvalue weighted by molar-refractivity contribution is -0.134. The van der Waals surface area contributed by atoms with Crippen LogP contribution in [0.3, 0.4) is 0 Å². The van der Waals surface area contributed by atoms with Crippen LogP contribution in [0.15, 0.2) is 74.0 Å². The van der Waals surface area contributed by atoms with E-state index in [1.807, 2.05) is 34.6 Å². The highest BCUT2D eigenvalue weighted by Crippen LogP contribution is 2.21. The summed E-state index contributed by atoms with van der Waals surface area (Å²) < 4.78 is 60.1. The highest BCUT2D eigenvalue weighted by molar-refractivity contribution is 7.92. The van der Waals surface area contributed by atoms with E-state index in [9.17, 15) is 21.6 Å². The number of benzene rings is 2. The Labute approximate surface area is 249 Å². The molecule has 0 bridgehead atoms. The third-order valence-corrected chi connectivity index (χ3v) is 9.63. The molecule has 0 aliphatic heterocycles. The van der Waals surface area contributed by atoms with E-state index >= 15 is 0 Å². The van der Waals surface area contributed by atoms with Crippen LogP contribution < -0.4 is 10.5 Å². The van der Waals surface area contributed by atoms with Gasteiger partial charge in [0.2, 0.25) is 15.9 Å². The molecule has 230 valence electrons. The van der Waals surface area contributed by atoms with Gasteiger partial charge in [0.15, 0.2) is 9.84 Å². The molecule has 0 fully saturated rings. The third-order valence-electron chi connectivity index (χ3n) is 6.50. The minimum Gasteiger partial charge on any atom is -0.464 e. The van der Waals surface area contributed by atoms with Gasteiger partial charge < -0.3 is 15.1 Å². The second kappa shape index (κ2) is 14.3. The fourth-order valence-electron chi connectivity index (χ4n) is 4.54. The number of sulfonamides is 1. The Morgan fingerprint density at radius 1 is 0.952 bits per heavy atom. The standard InChI is InChI=1S/C30H42N4O6S2/c1-21(2)18-34(19-22(3)4)30(35)27(33-42(38,39)26-12-13-28-24(17-26)14-16-40-28)7-6-15-32-29(31)20-41(36,37)25-10-8-23(5)9-11-25/h8-14,16-17,21-22,27,33H,6-7,15,18-20H2,1-5H3,(H2,31,32)/t27-/m0/s1. The van der Waals surface area contributed by atoms with E-state index in [1.165, 1.54) is 30.5 Å². The Balaban J connectivity index is 1.76. The minimum atomic E-state index is -4.05. The van der Waals surface area contributed by atoms with Gasteiger partial charge in [-0.15, -0.1) is 0 Å². The average molecular weight is 619 g/mol. The molecule has 0 radical (unpaired) electrons. The highest BCUT2D eigenvalue weighted by Gasteiger charge is 2.30. The van der Waals surface area contributed by atoms with Crippen LogP contribution in [0.1, 0.15) is 46.1 Å². The average Bonchev–Trinajstić information content (AvgIpc) is 3.37. The van der Waals surface area contributed by atoms with Gasteiger partial charge in [-0.25, -0.2) is 16.8 Å². The molecule has 1 atom stereocenters. The fraction of sp³-hybridized carbons (Fsp3) is 0.467. The molecule has 42 heavy (non-hydrogen) atoms. The number of amidine groups is 1. The van der Waals surface area contributed by atoms with E-state index < -0.39 is 31.7 Å². The summed E-state index contributed by atoms with van der Waals surface area (Å²) in [4.78, 5) is 19.8. The molecular formula is C30H42N4O6S2. The van der Waals surface area contributed by atoms with Crippen molar-refractivity contribution in [3.05, 3.63) is 60.4 Å². The van der Waals surface area contributed by atoms with E-state index in [0.29, 0.717) is 30.5 Å². The van der Waals surface area contributed by atoms with Crippen molar-refractivity contribution < 1.29 is 26.0 Å². The van der Waals surface area contributed by atoms with Crippen LogP contribution in [0.4, 0.5) is 0 Å². The number of amides is 1. The van der Waals surface area contributed by atoms with Crippen molar-refractivity contribution >= 4 is 42.6 Å². The predicted molar refractivity (Wildman–Crippen MR) is 166 cm³/mol. The molecule has 0 aliphatic carbocycles. The molecule has 3 aromatic rings. The summed E-state index contributed by atoms with van der Waals surface area (Å²) in [6.07, 6.45) is 1.94. The number of rotatable bonds is 15. The molecule has 1 heterocycles. The number of nitrogens with two attached hydrogens (primary N) is 1. The maximum atomic E-state index is 13.7. The number of carbonyl (C=O) groups is 1. The Bertz CT molecular complexity index is 1580. The van der Waals surface area contributed by atoms with Gasteiger partial charge >= 0.3 is 0 Å². The smallest absolute Gasteiger partial charge is 0.241 e. The number of furan rings is 1. The van der Waals surface area contributed by atoms with Crippen LogP contribution in [-0.4, -0.2) is 64.9 Å². The molecule has 1 amide bonds. The third kappa shape index (κ3) is 9.40. The Morgan fingerprint density at radius 3 is 2.19 bits per heavy atom. The number of nitrogens with zero attached hydrogens (tertiary/aromatic N) is 2. The van der Waals surface area contributed by atoms with Crippen molar-refractivity contribution in [1.29, 1.82) is 0 Å². The lowest BCUT2D eigenvalue weighted by Gasteiger charge is -2.30. The van der Waals surface area contributed by atoms with Gasteiger partial charge in [0, 0.05) is 25.0 Å². The summed E-state index contributed by atoms with van der Waals surface area (Å²) in [5.41, 5.74) is 7.45. The van der Waals surface area contributed by atoms with E-state index in [1.54, 1.807) is 29.2 Å². The molecule has 0 saturated carbocycles. The van der Waals surface area contributed by atoms with Crippen LogP contribution in [0.5, 0.6) is 0 Å². The summed E-state index contributed by atoms with van der Waals surface area (Å²) in [6, 6.07) is 11.6. The predicted octanol–water partition coefficient (Wildman–Crippen LogP) is 4.14. The molecule has 1 aromatic heterocycles. The number of aryl methyl sites for hydroxylation is 1. The number of carbonyl (C=O) groups excluding carboxylic acids is 1. The van der Waals surface area contributed by atoms with Crippen molar-refractivity contribution in [3.63, 3.8) is 0 Å². The van der Waals surface area contributed by atoms with E-state index in [0.717, 1.165) is 5.56 Å². The quantitative estimate of drug-likeness (QED) is 0.148. The lowest BCUT2D eigenvalue weighted by Crippen LogP contribution is -2.50. The molecular weight excluding hydrogens is 576 g/mol. The molecule has 0 unspecified atom stereocenters. The monoisotopic (exact) mass is 618 g/mol. The molecule has 12 heteroatoms. The fourth-order valence-corrected chi connectivity index (χ4v) is 7.00. The maximum Gasteiger partial charge on any atom is 0.241 e. The highest BCUT2D eigenvalue weighted by atomic mass is 32.2. The summed E-state index contributed by atoms with van der Waals surface area (Å²) in [7, 11) is -7.71. The molecule has 2 aromatic carbocycles. The van der Waals surface area contributed by atoms with Gasteiger partial charge in [-0.3, -0.25) is 9.79 Å². The van der Waals surface area contributed by atoms with Gasteiger partial charge in [-0.2, -0.15) is 4.72 Å². The van der Waals surface area contributed by atoms with Gasteiger partial charge in [-0.1, -0.05) is 45.4 Å². The maximum absolute atomic E-state index is 13.7. The van der Waals surface area contributed by atoms with Crippen molar-refractivity contribution in [2.24, 2.45) is 22.6 Å². The first kappa shape index (κ1) is 33.3. The molecule has 3 rings (SSSR count). The van der Waals surface area contributed by atoms with Gasteiger partial charge in [0.1, 0.15) is 23.2 Å². The Morgan fingerprint density at radius 2 is 1.57 bits per heavy atom. The summed E-state index contributed by atoms with van der Waals surface area (Å²) in [5, 5.41) is 0.632. The van der Waals surface area contributed by atoms with Gasteiger partial charge in [0.25, 0.3) is 0 Å². The number of hydrogen-bond acceptors (Lipinski definition) is 7. The van der Waals surface area contributed by atoms with Crippen molar-refractivity contribution in [3.8, 4) is 0 Å². The number of fused-ring (bicyclic) bond motifs is 1. The molecule has 0 spiro atoms. The molecule has 0 aliphatic rings. The second-order valence-corrected chi connectivity index (χ2v) is 15.1. The van der Waals surface area contributed by atoms with Gasteiger partial charge in [-0.05, 0) is 68.0 Å². The number of sulfone groups is 1.